The number of guanidine groups is 1. The first-order chi connectivity index (χ1) is 11.7. The van der Waals surface area contributed by atoms with Crippen LogP contribution in [0.1, 0.15) is 18.1 Å². The second kappa shape index (κ2) is 9.78. The minimum atomic E-state index is 0.595. The Labute approximate surface area is 148 Å². The van der Waals surface area contributed by atoms with Crippen LogP contribution in [0.2, 0.25) is 5.02 Å². The Kier molecular flexibility index (Phi) is 7.36. The number of rotatable bonds is 7. The first-order valence-corrected chi connectivity index (χ1v) is 8.36. The van der Waals surface area contributed by atoms with Gasteiger partial charge in [-0.05, 0) is 37.1 Å². The highest BCUT2D eigenvalue weighted by Crippen LogP contribution is 2.13. The molecule has 128 valence electrons. The van der Waals surface area contributed by atoms with Gasteiger partial charge in [-0.1, -0.05) is 29.8 Å². The molecule has 2 N–H and O–H groups in total. The third-order valence-electron chi connectivity index (χ3n) is 3.42. The lowest BCUT2D eigenvalue weighted by Crippen LogP contribution is -2.38. The number of aromatic nitrogens is 1. The molecule has 1 aromatic heterocycles. The smallest absolute Gasteiger partial charge is 0.218 e. The van der Waals surface area contributed by atoms with Gasteiger partial charge >= 0.3 is 0 Å². The van der Waals surface area contributed by atoms with Crippen molar-refractivity contribution >= 4 is 17.6 Å². The lowest BCUT2D eigenvalue weighted by molar-refractivity contribution is 0.322. The fourth-order valence-corrected chi connectivity index (χ4v) is 2.33. The molecule has 0 spiro atoms. The molecule has 0 unspecified atom stereocenters. The number of nitrogens with zero attached hydrogens (tertiary/aromatic N) is 2. The summed E-state index contributed by atoms with van der Waals surface area (Å²) < 4.78 is 5.53. The topological polar surface area (TPSA) is 58.5 Å². The summed E-state index contributed by atoms with van der Waals surface area (Å²) in [5.41, 5.74) is 2.23. The van der Waals surface area contributed by atoms with Crippen molar-refractivity contribution in [2.24, 2.45) is 4.99 Å². The summed E-state index contributed by atoms with van der Waals surface area (Å²) in [5.74, 6) is 1.40. The SMILES string of the molecule is CCOc1ncccc1CNC(=NC)NCCc1ccc(Cl)cc1. The fourth-order valence-electron chi connectivity index (χ4n) is 2.20. The molecule has 24 heavy (non-hydrogen) atoms. The highest BCUT2D eigenvalue weighted by Gasteiger charge is 2.05. The van der Waals surface area contributed by atoms with E-state index in [2.05, 4.69) is 20.6 Å². The monoisotopic (exact) mass is 346 g/mol. The summed E-state index contributed by atoms with van der Waals surface area (Å²) in [7, 11) is 1.75. The number of aliphatic imine (C=N–C) groups is 1. The van der Waals surface area contributed by atoms with E-state index in [1.165, 1.54) is 5.56 Å². The van der Waals surface area contributed by atoms with E-state index in [0.29, 0.717) is 19.0 Å². The summed E-state index contributed by atoms with van der Waals surface area (Å²) in [6.45, 7) is 3.93. The third kappa shape index (κ3) is 5.74. The molecule has 0 saturated heterocycles. The van der Waals surface area contributed by atoms with Crippen LogP contribution in [0.15, 0.2) is 47.6 Å². The van der Waals surface area contributed by atoms with Crippen LogP contribution < -0.4 is 15.4 Å². The standard InChI is InChI=1S/C18H23ClN4O/c1-3-24-17-15(5-4-11-21-17)13-23-18(20-2)22-12-10-14-6-8-16(19)9-7-14/h4-9,11H,3,10,12-13H2,1-2H3,(H2,20,22,23). The van der Waals surface area contributed by atoms with Gasteiger partial charge in [-0.2, -0.15) is 0 Å². The molecule has 2 rings (SSSR count). The van der Waals surface area contributed by atoms with E-state index in [9.17, 15) is 0 Å². The number of hydrogen-bond donors (Lipinski definition) is 2. The van der Waals surface area contributed by atoms with Gasteiger partial charge < -0.3 is 15.4 Å². The zero-order chi connectivity index (χ0) is 17.2. The zero-order valence-electron chi connectivity index (χ0n) is 14.1. The first kappa shape index (κ1) is 18.1. The molecular weight excluding hydrogens is 324 g/mol. The van der Waals surface area contributed by atoms with Crippen LogP contribution in [0, 0.1) is 0 Å². The van der Waals surface area contributed by atoms with Crippen LogP contribution in [0.25, 0.3) is 0 Å². The van der Waals surface area contributed by atoms with Gasteiger partial charge in [0.05, 0.1) is 6.61 Å². The van der Waals surface area contributed by atoms with Crippen molar-refractivity contribution in [1.82, 2.24) is 15.6 Å². The summed E-state index contributed by atoms with van der Waals surface area (Å²) in [6.07, 6.45) is 2.63. The Hall–Kier alpha value is -2.27. The van der Waals surface area contributed by atoms with Crippen molar-refractivity contribution in [2.75, 3.05) is 20.2 Å². The van der Waals surface area contributed by atoms with Crippen LogP contribution in [0.5, 0.6) is 5.88 Å². The minimum Gasteiger partial charge on any atom is -0.478 e. The van der Waals surface area contributed by atoms with Crippen LogP contribution in [0.3, 0.4) is 0 Å². The van der Waals surface area contributed by atoms with Gasteiger partial charge in [-0.3, -0.25) is 4.99 Å². The van der Waals surface area contributed by atoms with Gasteiger partial charge in [0.15, 0.2) is 5.96 Å². The molecule has 0 fully saturated rings. The van der Waals surface area contributed by atoms with Gasteiger partial charge in [-0.25, -0.2) is 4.98 Å². The number of pyridine rings is 1. The van der Waals surface area contributed by atoms with E-state index in [0.717, 1.165) is 29.5 Å². The van der Waals surface area contributed by atoms with Gasteiger partial charge in [0.25, 0.3) is 0 Å². The molecule has 0 amide bonds. The van der Waals surface area contributed by atoms with Crippen LogP contribution in [0.4, 0.5) is 0 Å². The molecule has 0 atom stereocenters. The molecule has 5 nitrogen and oxygen atoms in total. The molecule has 0 bridgehead atoms. The molecule has 0 saturated carbocycles. The number of nitrogens with one attached hydrogen (secondary N) is 2. The number of ether oxygens (including phenoxy) is 1. The molecule has 2 aromatic rings. The maximum atomic E-state index is 5.89. The summed E-state index contributed by atoms with van der Waals surface area (Å²) in [5, 5.41) is 7.33. The Morgan fingerprint density at radius 1 is 1.21 bits per heavy atom. The van der Waals surface area contributed by atoms with Crippen molar-refractivity contribution in [2.45, 2.75) is 19.9 Å². The Morgan fingerprint density at radius 2 is 2.00 bits per heavy atom. The Morgan fingerprint density at radius 3 is 2.71 bits per heavy atom. The average Bonchev–Trinajstić information content (AvgIpc) is 2.61. The van der Waals surface area contributed by atoms with E-state index in [-0.39, 0.29) is 0 Å². The molecule has 1 heterocycles. The Bertz CT molecular complexity index is 658. The molecule has 0 aliphatic rings. The summed E-state index contributed by atoms with van der Waals surface area (Å²) in [6, 6.07) is 11.8. The van der Waals surface area contributed by atoms with Gasteiger partial charge in [0, 0.05) is 36.9 Å². The van der Waals surface area contributed by atoms with E-state index < -0.39 is 0 Å². The number of benzene rings is 1. The lowest BCUT2D eigenvalue weighted by atomic mass is 10.1. The van der Waals surface area contributed by atoms with E-state index in [4.69, 9.17) is 16.3 Å². The first-order valence-electron chi connectivity index (χ1n) is 7.98. The van der Waals surface area contributed by atoms with E-state index in [1.54, 1.807) is 13.2 Å². The molecule has 0 radical (unpaired) electrons. The normalized spacial score (nSPS) is 11.2. The number of halogens is 1. The van der Waals surface area contributed by atoms with Crippen LogP contribution >= 0.6 is 11.6 Å². The van der Waals surface area contributed by atoms with Gasteiger partial charge in [0.2, 0.25) is 5.88 Å². The zero-order valence-corrected chi connectivity index (χ0v) is 14.8. The van der Waals surface area contributed by atoms with Crippen molar-refractivity contribution in [3.63, 3.8) is 0 Å². The van der Waals surface area contributed by atoms with Crippen molar-refractivity contribution in [1.29, 1.82) is 0 Å². The van der Waals surface area contributed by atoms with E-state index in [1.807, 2.05) is 43.3 Å². The molecule has 1 aromatic carbocycles. The van der Waals surface area contributed by atoms with E-state index >= 15 is 0 Å². The minimum absolute atomic E-state index is 0.595. The Balaban J connectivity index is 1.81. The van der Waals surface area contributed by atoms with Gasteiger partial charge in [-0.15, -0.1) is 0 Å². The summed E-state index contributed by atoms with van der Waals surface area (Å²) >= 11 is 5.89. The maximum absolute atomic E-state index is 5.89. The molecule has 6 heteroatoms. The molecule has 0 aliphatic carbocycles. The maximum Gasteiger partial charge on any atom is 0.218 e. The highest BCUT2D eigenvalue weighted by molar-refractivity contribution is 6.30. The average molecular weight is 347 g/mol. The van der Waals surface area contributed by atoms with Crippen LogP contribution in [-0.2, 0) is 13.0 Å². The predicted octanol–water partition coefficient (Wildman–Crippen LogP) is 3.04. The largest absolute Gasteiger partial charge is 0.478 e. The third-order valence-corrected chi connectivity index (χ3v) is 3.67. The van der Waals surface area contributed by atoms with Crippen LogP contribution in [-0.4, -0.2) is 31.1 Å². The van der Waals surface area contributed by atoms with Crippen molar-refractivity contribution in [3.8, 4) is 5.88 Å². The lowest BCUT2D eigenvalue weighted by Gasteiger charge is -2.13. The molecular formula is C18H23ClN4O. The van der Waals surface area contributed by atoms with Crippen molar-refractivity contribution < 1.29 is 4.74 Å². The quantitative estimate of drug-likeness (QED) is 0.597. The second-order valence-electron chi connectivity index (χ2n) is 5.13. The molecule has 0 aliphatic heterocycles. The highest BCUT2D eigenvalue weighted by atomic mass is 35.5. The number of hydrogen-bond acceptors (Lipinski definition) is 3. The van der Waals surface area contributed by atoms with Crippen molar-refractivity contribution in [3.05, 3.63) is 58.7 Å². The fraction of sp³-hybridized carbons (Fsp3) is 0.333. The predicted molar refractivity (Wildman–Crippen MR) is 98.8 cm³/mol. The second-order valence-corrected chi connectivity index (χ2v) is 5.57. The van der Waals surface area contributed by atoms with Gasteiger partial charge in [0.1, 0.15) is 0 Å². The summed E-state index contributed by atoms with van der Waals surface area (Å²) in [4.78, 5) is 8.48.